The number of carbonyl (C=O) groups is 1. The minimum absolute atomic E-state index is 0.0769. The van der Waals surface area contributed by atoms with Gasteiger partial charge in [0.1, 0.15) is 29.0 Å². The SMILES string of the molecule is Cn1c(C(=O)Nc2ccc(S(=O)(=O)N(COCC[Si](C)(C)C)c3cnccn3)cn2)cc2c(Cl)c(F)ccc21. The Kier molecular flexibility index (Phi) is 8.35. The average molecular weight is 591 g/mol. The number of benzene rings is 1. The number of nitrogens with one attached hydrogen (secondary N) is 1. The number of nitrogens with zero attached hydrogens (tertiary/aromatic N) is 5. The van der Waals surface area contributed by atoms with Gasteiger partial charge in [-0.25, -0.2) is 27.1 Å². The van der Waals surface area contributed by atoms with Gasteiger partial charge in [-0.05, 0) is 36.4 Å². The third kappa shape index (κ3) is 6.44. The number of carbonyl (C=O) groups excluding carboxylic acids is 1. The molecule has 0 aliphatic carbocycles. The topological polar surface area (TPSA) is 119 Å². The quantitative estimate of drug-likeness (QED) is 0.158. The summed E-state index contributed by atoms with van der Waals surface area (Å²) in [5.41, 5.74) is 0.803. The highest BCUT2D eigenvalue weighted by Gasteiger charge is 2.27. The van der Waals surface area contributed by atoms with E-state index in [0.29, 0.717) is 17.5 Å². The van der Waals surface area contributed by atoms with Gasteiger partial charge in [-0.1, -0.05) is 31.2 Å². The fourth-order valence-electron chi connectivity index (χ4n) is 3.69. The van der Waals surface area contributed by atoms with E-state index in [1.54, 1.807) is 11.6 Å². The number of hydrogen-bond acceptors (Lipinski definition) is 7. The number of amides is 1. The van der Waals surface area contributed by atoms with E-state index in [1.165, 1.54) is 48.9 Å². The highest BCUT2D eigenvalue weighted by molar-refractivity contribution is 7.92. The summed E-state index contributed by atoms with van der Waals surface area (Å²) < 4.78 is 49.2. The number of ether oxygens (including phenoxy) is 1. The van der Waals surface area contributed by atoms with Gasteiger partial charge in [0.25, 0.3) is 15.9 Å². The molecule has 206 valence electrons. The molecule has 0 radical (unpaired) electrons. The first-order valence-corrected chi connectivity index (χ1v) is 17.5. The van der Waals surface area contributed by atoms with Crippen molar-refractivity contribution in [3.05, 3.63) is 71.7 Å². The number of rotatable bonds is 10. The van der Waals surface area contributed by atoms with Crippen LogP contribution >= 0.6 is 11.6 Å². The smallest absolute Gasteiger partial charge is 0.273 e. The molecule has 10 nitrogen and oxygen atoms in total. The summed E-state index contributed by atoms with van der Waals surface area (Å²) in [6.07, 6.45) is 5.32. The minimum Gasteiger partial charge on any atom is -0.360 e. The second kappa shape index (κ2) is 11.4. The van der Waals surface area contributed by atoms with Gasteiger partial charge in [0.05, 0.1) is 16.7 Å². The van der Waals surface area contributed by atoms with E-state index >= 15 is 0 Å². The second-order valence-electron chi connectivity index (χ2n) is 9.98. The molecule has 3 aromatic heterocycles. The summed E-state index contributed by atoms with van der Waals surface area (Å²) in [5.74, 6) is -0.880. The molecule has 0 aliphatic rings. The van der Waals surface area contributed by atoms with E-state index < -0.39 is 29.8 Å². The standard InChI is InChI=1S/C25H28ClFN6O4SSi/c1-32-20-7-6-19(27)24(26)18(20)13-21(32)25(34)31-22-8-5-17(14-30-22)38(35,36)33(23-15-28-9-10-29-23)16-37-11-12-39(2,3)4/h5-10,13-15H,11-12,16H2,1-4H3,(H,30,31,34). The highest BCUT2D eigenvalue weighted by atomic mass is 35.5. The molecule has 1 N–H and O–H groups in total. The Balaban J connectivity index is 1.53. The lowest BCUT2D eigenvalue weighted by atomic mass is 10.2. The Labute approximate surface area is 231 Å². The molecule has 14 heteroatoms. The van der Waals surface area contributed by atoms with Gasteiger partial charge >= 0.3 is 0 Å². The fraction of sp³-hybridized carbons (Fsp3) is 0.280. The van der Waals surface area contributed by atoms with Gasteiger partial charge in [0.2, 0.25) is 0 Å². The second-order valence-corrected chi connectivity index (χ2v) is 17.8. The molecule has 0 unspecified atom stereocenters. The molecule has 0 aliphatic heterocycles. The van der Waals surface area contributed by atoms with Crippen LogP contribution < -0.4 is 9.62 Å². The Bertz CT molecular complexity index is 1600. The molecule has 4 aromatic rings. The maximum Gasteiger partial charge on any atom is 0.273 e. The van der Waals surface area contributed by atoms with E-state index in [0.717, 1.165) is 16.5 Å². The van der Waals surface area contributed by atoms with Crippen molar-refractivity contribution in [3.63, 3.8) is 0 Å². The zero-order chi connectivity index (χ0) is 28.4. The van der Waals surface area contributed by atoms with Crippen LogP contribution in [0.5, 0.6) is 0 Å². The molecule has 0 bridgehead atoms. The largest absolute Gasteiger partial charge is 0.360 e. The Morgan fingerprint density at radius 3 is 2.56 bits per heavy atom. The van der Waals surface area contributed by atoms with Crippen molar-refractivity contribution in [1.29, 1.82) is 0 Å². The number of pyridine rings is 1. The monoisotopic (exact) mass is 590 g/mol. The molecule has 1 amide bonds. The number of fused-ring (bicyclic) bond motifs is 1. The molecule has 1 aromatic carbocycles. The number of sulfonamides is 1. The molecular formula is C25H28ClFN6O4SSi. The Hall–Kier alpha value is -3.39. The van der Waals surface area contributed by atoms with Crippen LogP contribution in [0.15, 0.2) is 60.0 Å². The lowest BCUT2D eigenvalue weighted by Crippen LogP contribution is -2.35. The first-order valence-electron chi connectivity index (χ1n) is 12.0. The number of aromatic nitrogens is 4. The van der Waals surface area contributed by atoms with Gasteiger partial charge in [-0.2, -0.15) is 0 Å². The van der Waals surface area contributed by atoms with E-state index in [4.69, 9.17) is 16.3 Å². The third-order valence-corrected chi connectivity index (χ3v) is 9.72. The number of hydrogen-bond donors (Lipinski definition) is 1. The van der Waals surface area contributed by atoms with Crippen molar-refractivity contribution in [2.75, 3.05) is 23.0 Å². The van der Waals surface area contributed by atoms with Crippen LogP contribution in [0.3, 0.4) is 0 Å². The first kappa shape index (κ1) is 28.6. The van der Waals surface area contributed by atoms with E-state index in [1.807, 2.05) is 0 Å². The van der Waals surface area contributed by atoms with Crippen molar-refractivity contribution < 1.29 is 22.3 Å². The average Bonchev–Trinajstić information content (AvgIpc) is 3.23. The van der Waals surface area contributed by atoms with E-state index in [2.05, 4.69) is 39.9 Å². The van der Waals surface area contributed by atoms with Crippen molar-refractivity contribution >= 4 is 58.1 Å². The van der Waals surface area contributed by atoms with Crippen LogP contribution in [0.25, 0.3) is 10.9 Å². The number of aryl methyl sites for hydroxylation is 1. The van der Waals surface area contributed by atoms with E-state index in [-0.39, 0.29) is 34.0 Å². The summed E-state index contributed by atoms with van der Waals surface area (Å²) in [4.78, 5) is 25.0. The van der Waals surface area contributed by atoms with Crippen LogP contribution in [0, 0.1) is 5.82 Å². The minimum atomic E-state index is -4.11. The lowest BCUT2D eigenvalue weighted by molar-refractivity contribution is 0.101. The van der Waals surface area contributed by atoms with Crippen molar-refractivity contribution in [2.24, 2.45) is 7.05 Å². The molecule has 0 spiro atoms. The number of halogens is 2. The molecule has 0 saturated heterocycles. The van der Waals surface area contributed by atoms with Crippen molar-refractivity contribution in [3.8, 4) is 0 Å². The maximum atomic E-state index is 13.9. The van der Waals surface area contributed by atoms with Gasteiger partial charge in [0.15, 0.2) is 5.82 Å². The Morgan fingerprint density at radius 2 is 1.92 bits per heavy atom. The first-order chi connectivity index (χ1) is 18.4. The fourth-order valence-corrected chi connectivity index (χ4v) is 5.89. The summed E-state index contributed by atoms with van der Waals surface area (Å²) in [6, 6.07) is 7.82. The third-order valence-electron chi connectivity index (χ3n) is 5.92. The molecule has 4 rings (SSSR count). The predicted molar refractivity (Wildman–Crippen MR) is 151 cm³/mol. The lowest BCUT2D eigenvalue weighted by Gasteiger charge is -2.23. The van der Waals surface area contributed by atoms with Crippen LogP contribution in [0.2, 0.25) is 30.7 Å². The summed E-state index contributed by atoms with van der Waals surface area (Å²) in [6.45, 7) is 6.78. The predicted octanol–water partition coefficient (Wildman–Crippen LogP) is 4.92. The van der Waals surface area contributed by atoms with Crippen LogP contribution in [-0.4, -0.2) is 55.3 Å². The summed E-state index contributed by atoms with van der Waals surface area (Å²) in [7, 11) is -3.83. The molecule has 3 heterocycles. The molecule has 0 atom stereocenters. The Morgan fingerprint density at radius 1 is 1.15 bits per heavy atom. The van der Waals surface area contributed by atoms with Crippen molar-refractivity contribution in [1.82, 2.24) is 19.5 Å². The zero-order valence-corrected chi connectivity index (χ0v) is 24.4. The normalized spacial score (nSPS) is 12.1. The van der Waals surface area contributed by atoms with Crippen LogP contribution in [0.4, 0.5) is 16.0 Å². The van der Waals surface area contributed by atoms with Gasteiger partial charge < -0.3 is 14.6 Å². The molecule has 39 heavy (non-hydrogen) atoms. The molecular weight excluding hydrogens is 563 g/mol. The maximum absolute atomic E-state index is 13.9. The summed E-state index contributed by atoms with van der Waals surface area (Å²) >= 11 is 6.06. The highest BCUT2D eigenvalue weighted by Crippen LogP contribution is 2.29. The van der Waals surface area contributed by atoms with Crippen LogP contribution in [0.1, 0.15) is 10.5 Å². The molecule has 0 fully saturated rings. The van der Waals surface area contributed by atoms with Gasteiger partial charge in [-0.3, -0.25) is 9.78 Å². The molecule has 0 saturated carbocycles. The van der Waals surface area contributed by atoms with Gasteiger partial charge in [0, 0.05) is 45.7 Å². The van der Waals surface area contributed by atoms with E-state index in [9.17, 15) is 17.6 Å². The van der Waals surface area contributed by atoms with Crippen molar-refractivity contribution in [2.45, 2.75) is 30.6 Å². The summed E-state index contributed by atoms with van der Waals surface area (Å²) in [5, 5.41) is 2.95. The zero-order valence-electron chi connectivity index (χ0n) is 21.9. The van der Waals surface area contributed by atoms with Gasteiger partial charge in [-0.15, -0.1) is 0 Å². The number of anilines is 2. The van der Waals surface area contributed by atoms with Crippen LogP contribution in [-0.2, 0) is 21.8 Å².